The van der Waals surface area contributed by atoms with E-state index in [9.17, 15) is 0 Å². The van der Waals surface area contributed by atoms with E-state index >= 15 is 0 Å². The van der Waals surface area contributed by atoms with Gasteiger partial charge in [-0.05, 0) is 18.4 Å². The van der Waals surface area contributed by atoms with Crippen LogP contribution in [-0.2, 0) is 4.74 Å². The minimum absolute atomic E-state index is 0.638. The third kappa shape index (κ3) is 2.13. The molecule has 1 rings (SSSR count). The SMILES string of the molecule is N=C/C(SN)=C1\NCCCO1. The molecule has 0 atom stereocenters. The first-order valence-corrected chi connectivity index (χ1v) is 4.24. The van der Waals surface area contributed by atoms with Gasteiger partial charge in [-0.2, -0.15) is 0 Å². The van der Waals surface area contributed by atoms with Crippen LogP contribution in [0.3, 0.4) is 0 Å². The fourth-order valence-corrected chi connectivity index (χ4v) is 1.12. The number of allylic oxidation sites excluding steroid dienone is 1. The molecule has 11 heavy (non-hydrogen) atoms. The van der Waals surface area contributed by atoms with Gasteiger partial charge in [0.05, 0.1) is 11.5 Å². The number of nitrogens with two attached hydrogens (primary N) is 1. The van der Waals surface area contributed by atoms with Gasteiger partial charge in [-0.3, -0.25) is 5.14 Å². The Bertz CT molecular complexity index is 173. The molecule has 4 N–H and O–H groups in total. The van der Waals surface area contributed by atoms with E-state index in [1.165, 1.54) is 6.21 Å². The number of rotatable bonds is 2. The highest BCUT2D eigenvalue weighted by Crippen LogP contribution is 2.13. The summed E-state index contributed by atoms with van der Waals surface area (Å²) < 4.78 is 5.24. The van der Waals surface area contributed by atoms with E-state index in [1.807, 2.05) is 0 Å². The van der Waals surface area contributed by atoms with Crippen LogP contribution in [0.4, 0.5) is 0 Å². The van der Waals surface area contributed by atoms with Crippen LogP contribution in [0.25, 0.3) is 0 Å². The van der Waals surface area contributed by atoms with Gasteiger partial charge in [0.1, 0.15) is 0 Å². The third-order valence-electron chi connectivity index (χ3n) is 1.33. The van der Waals surface area contributed by atoms with Gasteiger partial charge in [-0.25, -0.2) is 0 Å². The molecule has 0 aromatic carbocycles. The molecule has 1 heterocycles. The van der Waals surface area contributed by atoms with Crippen molar-refractivity contribution in [3.8, 4) is 0 Å². The Kier molecular flexibility index (Phi) is 3.25. The molecule has 0 saturated carbocycles. The van der Waals surface area contributed by atoms with Crippen LogP contribution in [0.5, 0.6) is 0 Å². The Morgan fingerprint density at radius 2 is 2.64 bits per heavy atom. The van der Waals surface area contributed by atoms with E-state index in [2.05, 4.69) is 5.32 Å². The van der Waals surface area contributed by atoms with Crippen molar-refractivity contribution in [1.82, 2.24) is 5.32 Å². The molecule has 4 nitrogen and oxygen atoms in total. The summed E-state index contributed by atoms with van der Waals surface area (Å²) in [5, 5.41) is 15.3. The Balaban J connectivity index is 2.64. The molecule has 0 aliphatic carbocycles. The first-order valence-electron chi connectivity index (χ1n) is 3.36. The second-order valence-corrected chi connectivity index (χ2v) is 2.76. The van der Waals surface area contributed by atoms with Crippen LogP contribution in [0, 0.1) is 5.41 Å². The van der Waals surface area contributed by atoms with E-state index < -0.39 is 0 Å². The van der Waals surface area contributed by atoms with Gasteiger partial charge in [0.2, 0.25) is 5.88 Å². The first-order chi connectivity index (χ1) is 5.38. The molecule has 0 amide bonds. The molecule has 0 aromatic heterocycles. The van der Waals surface area contributed by atoms with Gasteiger partial charge in [-0.15, -0.1) is 0 Å². The zero-order chi connectivity index (χ0) is 8.10. The van der Waals surface area contributed by atoms with Crippen molar-refractivity contribution in [2.45, 2.75) is 6.42 Å². The fourth-order valence-electron chi connectivity index (χ4n) is 0.811. The van der Waals surface area contributed by atoms with E-state index in [-0.39, 0.29) is 0 Å². The highest BCUT2D eigenvalue weighted by molar-refractivity contribution is 8.01. The Labute approximate surface area is 69.8 Å². The molecule has 0 spiro atoms. The molecule has 1 saturated heterocycles. The summed E-state index contributed by atoms with van der Waals surface area (Å²) in [6, 6.07) is 0. The summed E-state index contributed by atoms with van der Waals surface area (Å²) in [6.45, 7) is 1.60. The molecule has 0 radical (unpaired) electrons. The summed E-state index contributed by atoms with van der Waals surface area (Å²) in [4.78, 5) is 0.643. The number of hydrogen-bond donors (Lipinski definition) is 3. The largest absolute Gasteiger partial charge is 0.478 e. The summed E-state index contributed by atoms with van der Waals surface area (Å²) in [6.07, 6.45) is 2.20. The lowest BCUT2D eigenvalue weighted by atomic mass is 10.4. The van der Waals surface area contributed by atoms with Crippen LogP contribution in [0.1, 0.15) is 6.42 Å². The molecule has 1 aliphatic rings. The maximum absolute atomic E-state index is 6.99. The first kappa shape index (κ1) is 8.42. The van der Waals surface area contributed by atoms with Crippen molar-refractivity contribution >= 4 is 18.2 Å². The number of hydrogen-bond acceptors (Lipinski definition) is 5. The summed E-state index contributed by atoms with van der Waals surface area (Å²) in [5.41, 5.74) is 0. The predicted octanol–water partition coefficient (Wildman–Crippen LogP) is 0.422. The lowest BCUT2D eigenvalue weighted by Gasteiger charge is -2.19. The molecule has 5 heteroatoms. The minimum atomic E-state index is 0.638. The number of ether oxygens (including phenoxy) is 1. The molecule has 0 aromatic rings. The molecule has 0 unspecified atom stereocenters. The average Bonchev–Trinajstić information content (AvgIpc) is 2.09. The van der Waals surface area contributed by atoms with Gasteiger partial charge in [0, 0.05) is 12.8 Å². The van der Waals surface area contributed by atoms with Gasteiger partial charge in [0.15, 0.2) is 0 Å². The van der Waals surface area contributed by atoms with E-state index in [4.69, 9.17) is 15.3 Å². The van der Waals surface area contributed by atoms with Gasteiger partial charge in [0.25, 0.3) is 0 Å². The van der Waals surface area contributed by atoms with Crippen LogP contribution in [-0.4, -0.2) is 19.4 Å². The highest BCUT2D eigenvalue weighted by Gasteiger charge is 2.09. The van der Waals surface area contributed by atoms with Crippen LogP contribution in [0.15, 0.2) is 10.8 Å². The monoisotopic (exact) mass is 173 g/mol. The lowest BCUT2D eigenvalue weighted by molar-refractivity contribution is 0.157. The van der Waals surface area contributed by atoms with Crippen LogP contribution in [0.2, 0.25) is 0 Å². The van der Waals surface area contributed by atoms with Crippen molar-refractivity contribution in [1.29, 1.82) is 5.41 Å². The van der Waals surface area contributed by atoms with Gasteiger partial charge in [-0.1, -0.05) is 0 Å². The second-order valence-electron chi connectivity index (χ2n) is 2.08. The predicted molar refractivity (Wildman–Crippen MR) is 46.2 cm³/mol. The molecule has 1 aliphatic heterocycles. The van der Waals surface area contributed by atoms with Crippen molar-refractivity contribution in [2.24, 2.45) is 5.14 Å². The summed E-state index contributed by atoms with van der Waals surface area (Å²) in [7, 11) is 0. The smallest absolute Gasteiger partial charge is 0.203 e. The zero-order valence-electron chi connectivity index (χ0n) is 6.09. The molecular formula is C6H11N3OS. The highest BCUT2D eigenvalue weighted by atomic mass is 32.2. The Hall–Kier alpha value is -0.680. The van der Waals surface area contributed by atoms with E-state index in [1.54, 1.807) is 0 Å². The quantitative estimate of drug-likeness (QED) is 0.418. The van der Waals surface area contributed by atoms with E-state index in [0.29, 0.717) is 17.4 Å². The summed E-state index contributed by atoms with van der Waals surface area (Å²) >= 11 is 1.03. The summed E-state index contributed by atoms with van der Waals surface area (Å²) in [5.74, 6) is 0.638. The van der Waals surface area contributed by atoms with Crippen molar-refractivity contribution in [3.05, 3.63) is 10.8 Å². The third-order valence-corrected chi connectivity index (χ3v) is 1.89. The average molecular weight is 173 g/mol. The number of nitrogens with one attached hydrogen (secondary N) is 2. The minimum Gasteiger partial charge on any atom is -0.478 e. The Morgan fingerprint density at radius 1 is 1.82 bits per heavy atom. The standard InChI is InChI=1S/C6H11N3OS/c7-4-5(11-8)6-9-2-1-3-10-6/h4,7,9H,1-3,8H2/b6-5-,7-4?. The normalized spacial score (nSPS) is 21.5. The van der Waals surface area contributed by atoms with Crippen molar-refractivity contribution < 1.29 is 4.74 Å². The second kappa shape index (κ2) is 4.25. The molecular weight excluding hydrogens is 162 g/mol. The van der Waals surface area contributed by atoms with E-state index in [0.717, 1.165) is 24.9 Å². The molecule has 0 bridgehead atoms. The maximum Gasteiger partial charge on any atom is 0.203 e. The van der Waals surface area contributed by atoms with Crippen LogP contribution >= 0.6 is 11.9 Å². The Morgan fingerprint density at radius 3 is 3.09 bits per heavy atom. The van der Waals surface area contributed by atoms with Crippen molar-refractivity contribution in [3.63, 3.8) is 0 Å². The topological polar surface area (TPSA) is 71.1 Å². The van der Waals surface area contributed by atoms with Crippen LogP contribution < -0.4 is 10.5 Å². The van der Waals surface area contributed by atoms with Gasteiger partial charge < -0.3 is 15.5 Å². The molecule has 62 valence electrons. The maximum atomic E-state index is 6.99. The fraction of sp³-hybridized carbons (Fsp3) is 0.500. The molecule has 1 fully saturated rings. The zero-order valence-corrected chi connectivity index (χ0v) is 6.91. The lowest BCUT2D eigenvalue weighted by Crippen LogP contribution is -2.26. The van der Waals surface area contributed by atoms with Crippen molar-refractivity contribution in [2.75, 3.05) is 13.2 Å². The van der Waals surface area contributed by atoms with Gasteiger partial charge >= 0.3 is 0 Å².